The second-order valence-electron chi connectivity index (χ2n) is 4.32. The molecule has 0 aromatic heterocycles. The predicted octanol–water partition coefficient (Wildman–Crippen LogP) is 3.37. The lowest BCUT2D eigenvalue weighted by Crippen LogP contribution is -2.17. The molecule has 23 heavy (non-hydrogen) atoms. The number of halogens is 2. The smallest absolute Gasteiger partial charge is 0.275 e. The first-order valence-corrected chi connectivity index (χ1v) is 6.90. The number of hydrogen-bond acceptors (Lipinski definition) is 5. The van der Waals surface area contributed by atoms with Crippen molar-refractivity contribution in [2.45, 2.75) is 0 Å². The summed E-state index contributed by atoms with van der Waals surface area (Å²) >= 11 is 11.6. The first-order chi connectivity index (χ1) is 10.9. The largest absolute Gasteiger partial charge is 0.507 e. The van der Waals surface area contributed by atoms with Crippen molar-refractivity contribution in [3.05, 3.63) is 67.7 Å². The molecule has 2 aromatic carbocycles. The third-order valence-corrected chi connectivity index (χ3v) is 3.34. The number of benzene rings is 2. The quantitative estimate of drug-likeness (QED) is 0.499. The zero-order valence-electron chi connectivity index (χ0n) is 11.4. The summed E-state index contributed by atoms with van der Waals surface area (Å²) in [5.74, 6) is -0.946. The van der Waals surface area contributed by atoms with E-state index >= 15 is 0 Å². The van der Waals surface area contributed by atoms with E-state index in [9.17, 15) is 20.0 Å². The Morgan fingerprint density at radius 2 is 2.00 bits per heavy atom. The molecule has 0 aliphatic heterocycles. The Balaban J connectivity index is 2.15. The summed E-state index contributed by atoms with van der Waals surface area (Å²) in [6.45, 7) is 0. The SMILES string of the molecule is O=C(N/N=C/c1cc([N+](=O)[O-])ccc1Cl)c1cc(Cl)ccc1O. The third kappa shape index (κ3) is 4.18. The molecule has 0 saturated heterocycles. The van der Waals surface area contributed by atoms with Crippen LogP contribution in [0.4, 0.5) is 5.69 Å². The number of phenols is 1. The molecule has 2 rings (SSSR count). The molecule has 0 bridgehead atoms. The van der Waals surface area contributed by atoms with E-state index in [1.165, 1.54) is 36.4 Å². The molecular formula is C14H9Cl2N3O4. The molecule has 0 aliphatic carbocycles. The first kappa shape index (κ1) is 16.7. The van der Waals surface area contributed by atoms with E-state index in [2.05, 4.69) is 10.5 Å². The molecule has 0 fully saturated rings. The van der Waals surface area contributed by atoms with Gasteiger partial charge < -0.3 is 5.11 Å². The molecule has 0 unspecified atom stereocenters. The van der Waals surface area contributed by atoms with Crippen molar-refractivity contribution in [3.8, 4) is 5.75 Å². The summed E-state index contributed by atoms with van der Waals surface area (Å²) in [6.07, 6.45) is 1.16. The topological polar surface area (TPSA) is 105 Å². The lowest BCUT2D eigenvalue weighted by Gasteiger charge is -2.03. The zero-order chi connectivity index (χ0) is 17.0. The van der Waals surface area contributed by atoms with E-state index in [1.807, 2.05) is 0 Å². The molecular weight excluding hydrogens is 345 g/mol. The van der Waals surface area contributed by atoms with E-state index in [-0.39, 0.29) is 32.6 Å². The highest BCUT2D eigenvalue weighted by Gasteiger charge is 2.11. The molecule has 9 heteroatoms. The third-order valence-electron chi connectivity index (χ3n) is 2.76. The van der Waals surface area contributed by atoms with Crippen molar-refractivity contribution < 1.29 is 14.8 Å². The lowest BCUT2D eigenvalue weighted by molar-refractivity contribution is -0.384. The molecule has 7 nitrogen and oxygen atoms in total. The van der Waals surface area contributed by atoms with Crippen molar-refractivity contribution in [1.29, 1.82) is 0 Å². The Labute approximate surface area is 140 Å². The van der Waals surface area contributed by atoms with Gasteiger partial charge >= 0.3 is 0 Å². The first-order valence-electron chi connectivity index (χ1n) is 6.14. The van der Waals surface area contributed by atoms with Crippen molar-refractivity contribution in [3.63, 3.8) is 0 Å². The number of hydrazone groups is 1. The van der Waals surface area contributed by atoms with Gasteiger partial charge in [-0.05, 0) is 24.3 Å². The Hall–Kier alpha value is -2.64. The molecule has 0 heterocycles. The highest BCUT2D eigenvalue weighted by molar-refractivity contribution is 6.33. The van der Waals surface area contributed by atoms with E-state index in [4.69, 9.17) is 23.2 Å². The number of nitrogens with one attached hydrogen (secondary N) is 1. The highest BCUT2D eigenvalue weighted by Crippen LogP contribution is 2.22. The minimum Gasteiger partial charge on any atom is -0.507 e. The molecule has 0 radical (unpaired) electrons. The fourth-order valence-corrected chi connectivity index (χ4v) is 1.99. The summed E-state index contributed by atoms with van der Waals surface area (Å²) in [6, 6.07) is 7.81. The van der Waals surface area contributed by atoms with Crippen LogP contribution in [-0.4, -0.2) is 22.2 Å². The number of carbonyl (C=O) groups is 1. The maximum absolute atomic E-state index is 11.9. The van der Waals surface area contributed by atoms with Crippen LogP contribution in [0, 0.1) is 10.1 Å². The summed E-state index contributed by atoms with van der Waals surface area (Å²) in [5, 5.41) is 24.5. The number of nitrogens with zero attached hydrogens (tertiary/aromatic N) is 2. The molecule has 0 saturated carbocycles. The maximum atomic E-state index is 11.9. The van der Waals surface area contributed by atoms with Gasteiger partial charge in [-0.3, -0.25) is 14.9 Å². The number of rotatable bonds is 4. The van der Waals surface area contributed by atoms with Crippen LogP contribution in [0.3, 0.4) is 0 Å². The Morgan fingerprint density at radius 1 is 1.26 bits per heavy atom. The van der Waals surface area contributed by atoms with Crippen LogP contribution in [0.1, 0.15) is 15.9 Å². The minimum atomic E-state index is -0.692. The average molecular weight is 354 g/mol. The standard InChI is InChI=1S/C14H9Cl2N3O4/c15-9-1-4-13(20)11(6-9)14(21)18-17-7-8-5-10(19(22)23)2-3-12(8)16/h1-7,20H,(H,18,21)/b17-7+. The van der Waals surface area contributed by atoms with Crippen LogP contribution < -0.4 is 5.43 Å². The van der Waals surface area contributed by atoms with Gasteiger partial charge in [0.25, 0.3) is 11.6 Å². The molecule has 0 atom stereocenters. The maximum Gasteiger partial charge on any atom is 0.275 e. The number of nitro benzene ring substituents is 1. The van der Waals surface area contributed by atoms with Gasteiger partial charge in [0.15, 0.2) is 0 Å². The van der Waals surface area contributed by atoms with Gasteiger partial charge in [0.1, 0.15) is 5.75 Å². The minimum absolute atomic E-state index is 0.0558. The summed E-state index contributed by atoms with van der Waals surface area (Å²) < 4.78 is 0. The molecule has 1 amide bonds. The Bertz CT molecular complexity index is 809. The lowest BCUT2D eigenvalue weighted by atomic mass is 10.2. The number of amides is 1. The summed E-state index contributed by atoms with van der Waals surface area (Å²) in [4.78, 5) is 22.0. The van der Waals surface area contributed by atoms with Gasteiger partial charge in [-0.1, -0.05) is 23.2 Å². The number of nitro groups is 1. The highest BCUT2D eigenvalue weighted by atomic mass is 35.5. The van der Waals surface area contributed by atoms with Gasteiger partial charge in [-0.15, -0.1) is 0 Å². The molecule has 0 spiro atoms. The van der Waals surface area contributed by atoms with Crippen LogP contribution in [0.2, 0.25) is 10.0 Å². The second-order valence-corrected chi connectivity index (χ2v) is 5.17. The fourth-order valence-electron chi connectivity index (χ4n) is 1.65. The summed E-state index contributed by atoms with van der Waals surface area (Å²) in [7, 11) is 0. The van der Waals surface area contributed by atoms with Crippen molar-refractivity contribution >= 4 is 41.0 Å². The van der Waals surface area contributed by atoms with Crippen LogP contribution in [0.15, 0.2) is 41.5 Å². The Morgan fingerprint density at radius 3 is 2.70 bits per heavy atom. The van der Waals surface area contributed by atoms with E-state index < -0.39 is 10.8 Å². The number of hydrogen-bond donors (Lipinski definition) is 2. The van der Waals surface area contributed by atoms with E-state index in [1.54, 1.807) is 0 Å². The van der Waals surface area contributed by atoms with Crippen molar-refractivity contribution in [2.24, 2.45) is 5.10 Å². The molecule has 2 N–H and O–H groups in total. The van der Waals surface area contributed by atoms with Crippen LogP contribution in [0.5, 0.6) is 5.75 Å². The van der Waals surface area contributed by atoms with Crippen LogP contribution in [0.25, 0.3) is 0 Å². The van der Waals surface area contributed by atoms with Crippen molar-refractivity contribution in [2.75, 3.05) is 0 Å². The predicted molar refractivity (Wildman–Crippen MR) is 86.3 cm³/mol. The fraction of sp³-hybridized carbons (Fsp3) is 0. The number of carbonyl (C=O) groups excluding carboxylic acids is 1. The van der Waals surface area contributed by atoms with E-state index in [0.29, 0.717) is 0 Å². The van der Waals surface area contributed by atoms with E-state index in [0.717, 1.165) is 6.21 Å². The van der Waals surface area contributed by atoms with Gasteiger partial charge in [-0.25, -0.2) is 5.43 Å². The number of aromatic hydroxyl groups is 1. The normalized spacial score (nSPS) is 10.7. The van der Waals surface area contributed by atoms with Crippen LogP contribution >= 0.6 is 23.2 Å². The van der Waals surface area contributed by atoms with Gasteiger partial charge in [0, 0.05) is 27.7 Å². The monoisotopic (exact) mass is 353 g/mol. The van der Waals surface area contributed by atoms with Crippen molar-refractivity contribution in [1.82, 2.24) is 5.43 Å². The molecule has 0 aliphatic rings. The molecule has 2 aromatic rings. The van der Waals surface area contributed by atoms with Crippen LogP contribution in [-0.2, 0) is 0 Å². The second kappa shape index (κ2) is 7.08. The number of phenolic OH excluding ortho intramolecular Hbond substituents is 1. The Kier molecular flexibility index (Phi) is 5.15. The average Bonchev–Trinajstić information content (AvgIpc) is 2.51. The number of non-ortho nitro benzene ring substituents is 1. The molecule has 118 valence electrons. The van der Waals surface area contributed by atoms with Gasteiger partial charge in [0.05, 0.1) is 16.7 Å². The zero-order valence-corrected chi connectivity index (χ0v) is 12.9. The van der Waals surface area contributed by atoms with Gasteiger partial charge in [0.2, 0.25) is 0 Å². The summed E-state index contributed by atoms with van der Waals surface area (Å²) in [5.41, 5.74) is 2.22. The van der Waals surface area contributed by atoms with Gasteiger partial charge in [-0.2, -0.15) is 5.10 Å².